The normalized spacial score (nSPS) is 10.8. The molecule has 0 amide bonds. The molecule has 162 valence electrons. The lowest BCUT2D eigenvalue weighted by atomic mass is 9.87. The van der Waals surface area contributed by atoms with E-state index in [1.54, 1.807) is 24.3 Å². The molecule has 0 saturated heterocycles. The molecule has 0 atom stereocenters. The van der Waals surface area contributed by atoms with Crippen LogP contribution in [0.25, 0.3) is 11.1 Å². The van der Waals surface area contributed by atoms with E-state index in [4.69, 9.17) is 4.74 Å². The number of rotatable bonds is 9. The van der Waals surface area contributed by atoms with Gasteiger partial charge in [-0.25, -0.2) is 0 Å². The number of hydrogen-bond acceptors (Lipinski definition) is 4. The van der Waals surface area contributed by atoms with Crippen molar-refractivity contribution in [1.82, 2.24) is 4.90 Å². The maximum Gasteiger partial charge on any atom is 0.119 e. The third-order valence-electron chi connectivity index (χ3n) is 5.12. The number of nitrogens with zero attached hydrogens (tertiary/aromatic N) is 1. The number of phenolic OH excluding ortho intramolecular Hbond substituents is 2. The first-order valence-electron chi connectivity index (χ1n) is 10.7. The van der Waals surface area contributed by atoms with E-state index in [0.29, 0.717) is 6.61 Å². The summed E-state index contributed by atoms with van der Waals surface area (Å²) in [4.78, 5) is 2.10. The van der Waals surface area contributed by atoms with Gasteiger partial charge in [-0.1, -0.05) is 49.7 Å². The quantitative estimate of drug-likeness (QED) is 0.432. The van der Waals surface area contributed by atoms with Gasteiger partial charge in [0.25, 0.3) is 0 Å². The summed E-state index contributed by atoms with van der Waals surface area (Å²) in [5, 5.41) is 19.5. The maximum absolute atomic E-state index is 9.77. The molecule has 0 bridgehead atoms. The standard InChI is InChI=1S/C27H31NO3/c1-4-5-26(20-10-16-25(17-11-20)31-19-18-28(2)3)27(21-6-12-23(29)13-7-21)22-8-14-24(30)15-9-22/h6-17,29-30H,4-5,18-19H2,1-3H3. The van der Waals surface area contributed by atoms with Crippen LogP contribution in [-0.2, 0) is 0 Å². The Morgan fingerprint density at radius 1 is 0.742 bits per heavy atom. The zero-order chi connectivity index (χ0) is 22.2. The molecule has 0 unspecified atom stereocenters. The van der Waals surface area contributed by atoms with Gasteiger partial charge >= 0.3 is 0 Å². The van der Waals surface area contributed by atoms with Gasteiger partial charge in [-0.3, -0.25) is 0 Å². The van der Waals surface area contributed by atoms with Crippen LogP contribution in [0.3, 0.4) is 0 Å². The maximum atomic E-state index is 9.77. The molecule has 3 aromatic rings. The first kappa shape index (κ1) is 22.4. The van der Waals surface area contributed by atoms with Crippen LogP contribution in [0.5, 0.6) is 17.2 Å². The van der Waals surface area contributed by atoms with E-state index in [-0.39, 0.29) is 11.5 Å². The SMILES string of the molecule is CCCC(=C(c1ccc(O)cc1)c1ccc(O)cc1)c1ccc(OCCN(C)C)cc1. The van der Waals surface area contributed by atoms with Gasteiger partial charge in [0, 0.05) is 6.54 Å². The molecule has 0 fully saturated rings. The lowest BCUT2D eigenvalue weighted by molar-refractivity contribution is 0.261. The number of benzene rings is 3. The van der Waals surface area contributed by atoms with Crippen molar-refractivity contribution in [3.05, 3.63) is 89.5 Å². The fourth-order valence-electron chi connectivity index (χ4n) is 3.53. The molecule has 0 aliphatic carbocycles. The lowest BCUT2D eigenvalue weighted by Gasteiger charge is -2.18. The largest absolute Gasteiger partial charge is 0.508 e. The van der Waals surface area contributed by atoms with Crippen molar-refractivity contribution in [1.29, 1.82) is 0 Å². The first-order valence-corrected chi connectivity index (χ1v) is 10.7. The van der Waals surface area contributed by atoms with Crippen molar-refractivity contribution >= 4 is 11.1 Å². The molecule has 0 radical (unpaired) electrons. The zero-order valence-electron chi connectivity index (χ0n) is 18.5. The molecule has 2 N–H and O–H groups in total. The highest BCUT2D eigenvalue weighted by atomic mass is 16.5. The van der Waals surface area contributed by atoms with E-state index in [2.05, 4.69) is 24.0 Å². The van der Waals surface area contributed by atoms with Crippen molar-refractivity contribution in [2.45, 2.75) is 19.8 Å². The summed E-state index contributed by atoms with van der Waals surface area (Å²) in [6.45, 7) is 3.69. The number of aromatic hydroxyl groups is 2. The molecule has 0 aliphatic heterocycles. The van der Waals surface area contributed by atoms with E-state index < -0.39 is 0 Å². The minimum absolute atomic E-state index is 0.241. The summed E-state index contributed by atoms with van der Waals surface area (Å²) in [5.41, 5.74) is 5.51. The van der Waals surface area contributed by atoms with Crippen LogP contribution in [0.1, 0.15) is 36.5 Å². The number of phenols is 2. The average molecular weight is 418 g/mol. The van der Waals surface area contributed by atoms with Crippen molar-refractivity contribution in [2.75, 3.05) is 27.2 Å². The van der Waals surface area contributed by atoms with Gasteiger partial charge in [0.05, 0.1) is 0 Å². The number of hydrogen-bond donors (Lipinski definition) is 2. The Balaban J connectivity index is 2.05. The number of likely N-dealkylation sites (N-methyl/N-ethyl adjacent to an activating group) is 1. The Morgan fingerprint density at radius 2 is 1.23 bits per heavy atom. The summed E-state index contributed by atoms with van der Waals surface area (Å²) in [6, 6.07) is 22.8. The van der Waals surface area contributed by atoms with Crippen molar-refractivity contribution in [3.8, 4) is 17.2 Å². The van der Waals surface area contributed by atoms with Gasteiger partial charge in [-0.05, 0) is 84.8 Å². The van der Waals surface area contributed by atoms with Crippen LogP contribution in [0.15, 0.2) is 72.8 Å². The van der Waals surface area contributed by atoms with E-state index in [9.17, 15) is 10.2 Å². The Kier molecular flexibility index (Phi) is 7.74. The van der Waals surface area contributed by atoms with Gasteiger partial charge in [0.15, 0.2) is 0 Å². The Labute approximate surface area is 185 Å². The van der Waals surface area contributed by atoms with Crippen molar-refractivity contribution in [3.63, 3.8) is 0 Å². The van der Waals surface area contributed by atoms with Gasteiger partial charge in [0.2, 0.25) is 0 Å². The van der Waals surface area contributed by atoms with E-state index >= 15 is 0 Å². The Bertz CT molecular complexity index is 941. The fraction of sp³-hybridized carbons (Fsp3) is 0.259. The number of allylic oxidation sites excluding steroid dienone is 1. The molecule has 0 saturated carbocycles. The molecular formula is C27H31NO3. The molecule has 0 spiro atoms. The lowest BCUT2D eigenvalue weighted by Crippen LogP contribution is -2.19. The second kappa shape index (κ2) is 10.7. The molecule has 0 heterocycles. The van der Waals surface area contributed by atoms with E-state index in [0.717, 1.165) is 47.4 Å². The summed E-state index contributed by atoms with van der Waals surface area (Å²) >= 11 is 0. The summed E-state index contributed by atoms with van der Waals surface area (Å²) in [7, 11) is 4.06. The Hall–Kier alpha value is -3.24. The van der Waals surface area contributed by atoms with E-state index in [1.807, 2.05) is 50.5 Å². The summed E-state index contributed by atoms with van der Waals surface area (Å²) < 4.78 is 5.85. The second-order valence-corrected chi connectivity index (χ2v) is 7.87. The molecule has 4 nitrogen and oxygen atoms in total. The summed E-state index contributed by atoms with van der Waals surface area (Å²) in [5.74, 6) is 1.34. The summed E-state index contributed by atoms with van der Waals surface area (Å²) in [6.07, 6.45) is 1.90. The van der Waals surface area contributed by atoms with Crippen LogP contribution >= 0.6 is 0 Å². The highest BCUT2D eigenvalue weighted by molar-refractivity contribution is 5.98. The Morgan fingerprint density at radius 3 is 1.68 bits per heavy atom. The van der Waals surface area contributed by atoms with Crippen LogP contribution in [0.2, 0.25) is 0 Å². The monoisotopic (exact) mass is 417 g/mol. The molecule has 3 rings (SSSR count). The molecular weight excluding hydrogens is 386 g/mol. The van der Waals surface area contributed by atoms with Gasteiger partial charge < -0.3 is 19.8 Å². The molecule has 31 heavy (non-hydrogen) atoms. The molecule has 4 heteroatoms. The van der Waals surface area contributed by atoms with Gasteiger partial charge in [-0.15, -0.1) is 0 Å². The third kappa shape index (κ3) is 6.12. The molecule has 0 aromatic heterocycles. The highest BCUT2D eigenvalue weighted by Crippen LogP contribution is 2.36. The minimum Gasteiger partial charge on any atom is -0.508 e. The predicted octanol–water partition coefficient (Wildman–Crippen LogP) is 5.80. The van der Waals surface area contributed by atoms with Crippen LogP contribution in [-0.4, -0.2) is 42.4 Å². The number of ether oxygens (including phenoxy) is 1. The smallest absolute Gasteiger partial charge is 0.119 e. The first-order chi connectivity index (χ1) is 15.0. The average Bonchev–Trinajstić information content (AvgIpc) is 2.76. The van der Waals surface area contributed by atoms with Gasteiger partial charge in [-0.2, -0.15) is 0 Å². The van der Waals surface area contributed by atoms with Crippen LogP contribution < -0.4 is 4.74 Å². The third-order valence-corrected chi connectivity index (χ3v) is 5.12. The highest BCUT2D eigenvalue weighted by Gasteiger charge is 2.14. The molecule has 0 aliphatic rings. The zero-order valence-corrected chi connectivity index (χ0v) is 18.5. The van der Waals surface area contributed by atoms with Gasteiger partial charge in [0.1, 0.15) is 23.9 Å². The topological polar surface area (TPSA) is 52.9 Å². The van der Waals surface area contributed by atoms with Crippen molar-refractivity contribution in [2.24, 2.45) is 0 Å². The van der Waals surface area contributed by atoms with Crippen molar-refractivity contribution < 1.29 is 14.9 Å². The molecule has 3 aromatic carbocycles. The fourth-order valence-corrected chi connectivity index (χ4v) is 3.53. The van der Waals surface area contributed by atoms with Crippen LogP contribution in [0.4, 0.5) is 0 Å². The minimum atomic E-state index is 0.241. The van der Waals surface area contributed by atoms with E-state index in [1.165, 1.54) is 5.57 Å². The predicted molar refractivity (Wildman–Crippen MR) is 128 cm³/mol. The van der Waals surface area contributed by atoms with Crippen LogP contribution in [0, 0.1) is 0 Å². The second-order valence-electron chi connectivity index (χ2n) is 7.87.